The molecule has 200 valence electrons. The number of carbonyl (C=O) groups excluding carboxylic acids is 4. The molecule has 14 nitrogen and oxygen atoms in total. The van der Waals surface area contributed by atoms with E-state index in [0.29, 0.717) is 6.42 Å². The Morgan fingerprint density at radius 3 is 1.94 bits per heavy atom. The van der Waals surface area contributed by atoms with E-state index in [4.69, 9.17) is 22.9 Å². The fraction of sp³-hybridized carbons (Fsp3) is 0.700. The third-order valence-corrected chi connectivity index (χ3v) is 5.61. The molecule has 0 aliphatic heterocycles. The minimum atomic E-state index is -1.40. The second-order valence-electron chi connectivity index (χ2n) is 8.07. The Morgan fingerprint density at radius 2 is 1.46 bits per heavy atom. The van der Waals surface area contributed by atoms with E-state index in [2.05, 4.69) is 33.6 Å². The number of hydrogen-bond acceptors (Lipinski definition) is 8. The number of amides is 4. The highest BCUT2D eigenvalue weighted by atomic mass is 32.1. The van der Waals surface area contributed by atoms with E-state index < -0.39 is 53.8 Å². The summed E-state index contributed by atoms with van der Waals surface area (Å²) in [6, 6.07) is -4.52. The Kier molecular flexibility index (Phi) is 15.1. The van der Waals surface area contributed by atoms with Gasteiger partial charge in [0.05, 0.1) is 6.04 Å². The van der Waals surface area contributed by atoms with Crippen molar-refractivity contribution in [1.82, 2.24) is 16.0 Å². The van der Waals surface area contributed by atoms with Crippen molar-refractivity contribution in [2.75, 3.05) is 12.3 Å². The Morgan fingerprint density at radius 1 is 0.914 bits per heavy atom. The van der Waals surface area contributed by atoms with Crippen LogP contribution in [-0.2, 0) is 24.0 Å². The summed E-state index contributed by atoms with van der Waals surface area (Å²) in [5, 5.41) is 16.7. The lowest BCUT2D eigenvalue weighted by Crippen LogP contribution is -2.58. The van der Waals surface area contributed by atoms with Crippen LogP contribution in [-0.4, -0.2) is 77.1 Å². The van der Waals surface area contributed by atoms with Gasteiger partial charge in [-0.1, -0.05) is 20.3 Å². The van der Waals surface area contributed by atoms with Crippen LogP contribution >= 0.6 is 12.6 Å². The van der Waals surface area contributed by atoms with Crippen molar-refractivity contribution in [3.05, 3.63) is 0 Å². The first kappa shape index (κ1) is 31.9. The monoisotopic (exact) mass is 518 g/mol. The molecule has 4 amide bonds. The Labute approximate surface area is 209 Å². The third-order valence-electron chi connectivity index (χ3n) is 5.25. The molecule has 5 unspecified atom stereocenters. The van der Waals surface area contributed by atoms with Gasteiger partial charge in [-0.3, -0.25) is 24.2 Å². The molecule has 0 saturated heterocycles. The van der Waals surface area contributed by atoms with E-state index in [0.717, 1.165) is 0 Å². The fourth-order valence-corrected chi connectivity index (χ4v) is 3.09. The van der Waals surface area contributed by atoms with Gasteiger partial charge in [0.25, 0.3) is 0 Å². The molecule has 0 aromatic heterocycles. The summed E-state index contributed by atoms with van der Waals surface area (Å²) in [6.07, 6.45) is 0.490. The largest absolute Gasteiger partial charge is 0.480 e. The lowest BCUT2D eigenvalue weighted by molar-refractivity contribution is -0.142. The molecular weight excluding hydrogens is 480 g/mol. The average molecular weight is 519 g/mol. The molecule has 0 aliphatic rings. The number of aliphatic imine (C=N–C) groups is 1. The van der Waals surface area contributed by atoms with E-state index in [1.807, 2.05) is 6.92 Å². The minimum absolute atomic E-state index is 0.0517. The Hall–Kier alpha value is -3.07. The van der Waals surface area contributed by atoms with Crippen LogP contribution in [0.25, 0.3) is 0 Å². The van der Waals surface area contributed by atoms with Gasteiger partial charge in [-0.15, -0.1) is 0 Å². The zero-order valence-electron chi connectivity index (χ0n) is 20.0. The highest BCUT2D eigenvalue weighted by Gasteiger charge is 2.30. The number of carboxylic acids is 1. The highest BCUT2D eigenvalue weighted by Crippen LogP contribution is 2.07. The number of aliphatic carboxylic acids is 1. The molecule has 15 heteroatoms. The van der Waals surface area contributed by atoms with Crippen LogP contribution in [0.4, 0.5) is 0 Å². The SMILES string of the molecule is CCC(C)C(N)C(=O)NC(CS)C(=O)NC(CCCN=C(N)N)C(=O)NC(CCC(N)=O)C(=O)O. The first-order valence-corrected chi connectivity index (χ1v) is 11.8. The molecule has 0 aliphatic carbocycles. The zero-order chi connectivity index (χ0) is 27.1. The van der Waals surface area contributed by atoms with E-state index in [1.165, 1.54) is 0 Å². The van der Waals surface area contributed by atoms with Crippen molar-refractivity contribution < 1.29 is 29.1 Å². The third kappa shape index (κ3) is 12.8. The lowest BCUT2D eigenvalue weighted by atomic mass is 9.99. The lowest BCUT2D eigenvalue weighted by Gasteiger charge is -2.25. The molecule has 0 aromatic rings. The van der Waals surface area contributed by atoms with Gasteiger partial charge < -0.3 is 44.0 Å². The zero-order valence-corrected chi connectivity index (χ0v) is 20.9. The van der Waals surface area contributed by atoms with Gasteiger partial charge in [0.2, 0.25) is 23.6 Å². The summed E-state index contributed by atoms with van der Waals surface area (Å²) in [4.78, 5) is 64.3. The van der Waals surface area contributed by atoms with E-state index in [-0.39, 0.29) is 49.9 Å². The maximum absolute atomic E-state index is 12.8. The standard InChI is InChI=1S/C20H38N8O6S/c1-3-10(2)15(22)18(32)28-13(9-35)17(31)26-11(5-4-8-25-20(23)24)16(30)27-12(19(33)34)6-7-14(21)29/h10-13,15,35H,3-9,22H2,1-2H3,(H2,21,29)(H,26,31)(H,27,30)(H,28,32)(H,33,34)(H4,23,24,25). The fourth-order valence-electron chi connectivity index (χ4n) is 2.84. The number of carboxylic acid groups (broad SMARTS) is 1. The molecule has 0 aromatic carbocycles. The first-order valence-electron chi connectivity index (χ1n) is 11.2. The van der Waals surface area contributed by atoms with Gasteiger partial charge in [0.15, 0.2) is 5.96 Å². The minimum Gasteiger partial charge on any atom is -0.480 e. The van der Waals surface area contributed by atoms with Crippen molar-refractivity contribution >= 4 is 48.2 Å². The van der Waals surface area contributed by atoms with Crippen molar-refractivity contribution in [3.8, 4) is 0 Å². The Bertz CT molecular complexity index is 777. The van der Waals surface area contributed by atoms with Gasteiger partial charge in [-0.25, -0.2) is 4.79 Å². The second kappa shape index (κ2) is 16.5. The number of primary amides is 1. The van der Waals surface area contributed by atoms with Gasteiger partial charge in [0.1, 0.15) is 18.1 Å². The normalized spacial score (nSPS) is 15.0. The molecule has 5 atom stereocenters. The van der Waals surface area contributed by atoms with Crippen LogP contribution in [0.2, 0.25) is 0 Å². The number of carbonyl (C=O) groups is 5. The topological polar surface area (TPSA) is 258 Å². The predicted molar refractivity (Wildman–Crippen MR) is 133 cm³/mol. The van der Waals surface area contributed by atoms with Crippen molar-refractivity contribution in [2.45, 2.75) is 70.1 Å². The number of thiol groups is 1. The molecule has 0 saturated carbocycles. The molecule has 12 N–H and O–H groups in total. The van der Waals surface area contributed by atoms with Crippen LogP contribution in [0.3, 0.4) is 0 Å². The van der Waals surface area contributed by atoms with Crippen LogP contribution < -0.4 is 38.9 Å². The van der Waals surface area contributed by atoms with Gasteiger partial charge >= 0.3 is 5.97 Å². The summed E-state index contributed by atoms with van der Waals surface area (Å²) in [5.41, 5.74) is 21.5. The summed E-state index contributed by atoms with van der Waals surface area (Å²) in [5.74, 6) is -4.51. The quantitative estimate of drug-likeness (QED) is 0.0414. The second-order valence-corrected chi connectivity index (χ2v) is 8.43. The van der Waals surface area contributed by atoms with Gasteiger partial charge in [0, 0.05) is 18.7 Å². The Balaban J connectivity index is 5.46. The smallest absolute Gasteiger partial charge is 0.326 e. The molecule has 35 heavy (non-hydrogen) atoms. The molecule has 0 spiro atoms. The number of nitrogens with one attached hydrogen (secondary N) is 3. The van der Waals surface area contributed by atoms with Crippen LogP contribution in [0, 0.1) is 5.92 Å². The molecule has 0 rings (SSSR count). The highest BCUT2D eigenvalue weighted by molar-refractivity contribution is 7.80. The summed E-state index contributed by atoms with van der Waals surface area (Å²) in [6.45, 7) is 3.83. The number of hydrogen-bond donors (Lipinski definition) is 9. The van der Waals surface area contributed by atoms with Gasteiger partial charge in [-0.2, -0.15) is 12.6 Å². The number of nitrogens with two attached hydrogens (primary N) is 4. The maximum Gasteiger partial charge on any atom is 0.326 e. The summed E-state index contributed by atoms with van der Waals surface area (Å²) < 4.78 is 0. The van der Waals surface area contributed by atoms with Gasteiger partial charge in [-0.05, 0) is 25.2 Å². The molecule has 0 radical (unpaired) electrons. The molecule has 0 fully saturated rings. The summed E-state index contributed by atoms with van der Waals surface area (Å²) >= 11 is 4.10. The summed E-state index contributed by atoms with van der Waals surface area (Å²) in [7, 11) is 0. The maximum atomic E-state index is 12.8. The van der Waals surface area contributed by atoms with E-state index in [1.54, 1.807) is 6.92 Å². The number of guanidine groups is 1. The van der Waals surface area contributed by atoms with Crippen molar-refractivity contribution in [3.63, 3.8) is 0 Å². The van der Waals surface area contributed by atoms with Crippen molar-refractivity contribution in [2.24, 2.45) is 33.8 Å². The van der Waals surface area contributed by atoms with E-state index in [9.17, 15) is 29.1 Å². The van der Waals surface area contributed by atoms with Crippen LogP contribution in [0.1, 0.15) is 46.0 Å². The van der Waals surface area contributed by atoms with E-state index >= 15 is 0 Å². The number of nitrogens with zero attached hydrogens (tertiary/aromatic N) is 1. The first-order chi connectivity index (χ1) is 16.3. The average Bonchev–Trinajstić information content (AvgIpc) is 2.79. The number of rotatable bonds is 17. The van der Waals surface area contributed by atoms with Crippen LogP contribution in [0.15, 0.2) is 4.99 Å². The predicted octanol–water partition coefficient (Wildman–Crippen LogP) is -2.85. The van der Waals surface area contributed by atoms with Crippen molar-refractivity contribution in [1.29, 1.82) is 0 Å². The molecule has 0 bridgehead atoms. The molecule has 0 heterocycles. The molecular formula is C20H38N8O6S. The van der Waals surface area contributed by atoms with Crippen LogP contribution in [0.5, 0.6) is 0 Å².